The van der Waals surface area contributed by atoms with Crippen LogP contribution >= 0.6 is 0 Å². The zero-order valence-electron chi connectivity index (χ0n) is 18.9. The van der Waals surface area contributed by atoms with Gasteiger partial charge in [-0.3, -0.25) is 14.3 Å². The van der Waals surface area contributed by atoms with Crippen LogP contribution in [0.1, 0.15) is 63.4 Å². The van der Waals surface area contributed by atoms with E-state index in [1.165, 1.54) is 44.6 Å². The average molecular weight is 438 g/mol. The number of nitrogens with one attached hydrogen (secondary N) is 2. The molecule has 0 bridgehead atoms. The summed E-state index contributed by atoms with van der Waals surface area (Å²) in [5.41, 5.74) is 1.23. The van der Waals surface area contributed by atoms with Crippen molar-refractivity contribution in [3.63, 3.8) is 0 Å². The summed E-state index contributed by atoms with van der Waals surface area (Å²) in [7, 11) is 0. The number of nitrogens with zero attached hydrogens (tertiary/aromatic N) is 3. The molecule has 8 heteroatoms. The Morgan fingerprint density at radius 1 is 1.19 bits per heavy atom. The van der Waals surface area contributed by atoms with Gasteiger partial charge >= 0.3 is 0 Å². The van der Waals surface area contributed by atoms with E-state index >= 15 is 0 Å². The molecule has 2 amide bonds. The second-order valence-electron chi connectivity index (χ2n) is 9.73. The predicted molar refractivity (Wildman–Crippen MR) is 122 cm³/mol. The van der Waals surface area contributed by atoms with Crippen LogP contribution in [0.25, 0.3) is 10.9 Å². The molecule has 170 valence electrons. The van der Waals surface area contributed by atoms with E-state index in [-0.39, 0.29) is 11.8 Å². The Balaban J connectivity index is 1.58. The molecule has 2 aromatic heterocycles. The van der Waals surface area contributed by atoms with E-state index in [1.807, 2.05) is 49.7 Å². The molecule has 2 N–H and O–H groups in total. The molecule has 2 heterocycles. The Bertz CT molecular complexity index is 1070. The van der Waals surface area contributed by atoms with E-state index in [1.54, 1.807) is 0 Å². The molecule has 1 aromatic carbocycles. The third-order valence-electron chi connectivity index (χ3n) is 6.13. The van der Waals surface area contributed by atoms with E-state index in [0.717, 1.165) is 17.4 Å². The maximum atomic E-state index is 13.3. The van der Waals surface area contributed by atoms with Crippen LogP contribution < -0.4 is 10.6 Å². The van der Waals surface area contributed by atoms with Crippen LogP contribution in [0.15, 0.2) is 41.2 Å². The highest BCUT2D eigenvalue weighted by Gasteiger charge is 2.34. The molecular formula is C24H31N5O3. The van der Waals surface area contributed by atoms with Gasteiger partial charge < -0.3 is 15.2 Å². The van der Waals surface area contributed by atoms with Crippen molar-refractivity contribution in [1.82, 2.24) is 20.3 Å². The number of hydrogen-bond donors (Lipinski definition) is 2. The van der Waals surface area contributed by atoms with E-state index < -0.39 is 11.5 Å². The summed E-state index contributed by atoms with van der Waals surface area (Å²) in [5, 5.41) is 14.8. The molecule has 1 aliphatic carbocycles. The molecule has 0 saturated heterocycles. The quantitative estimate of drug-likeness (QED) is 0.595. The highest BCUT2D eigenvalue weighted by atomic mass is 16.5. The summed E-state index contributed by atoms with van der Waals surface area (Å²) >= 11 is 0. The second-order valence-corrected chi connectivity index (χ2v) is 9.73. The standard InChI is InChI=1S/C24H31N5O3/c1-24(2,3)21(23(31)26-17-13-25-32-15-17)27-22(30)20-18-11-7-8-12-19(18)29(28-20)14-16-9-5-4-6-10-16/h7-8,11-13,15-16,21H,4-6,9-10,14H2,1-3H3,(H,26,31)(H,27,30). The number of benzene rings is 1. The first-order valence-electron chi connectivity index (χ1n) is 11.3. The highest BCUT2D eigenvalue weighted by molar-refractivity contribution is 6.07. The molecule has 8 nitrogen and oxygen atoms in total. The topological polar surface area (TPSA) is 102 Å². The van der Waals surface area contributed by atoms with E-state index in [2.05, 4.69) is 15.8 Å². The first kappa shape index (κ1) is 22.0. The number of anilines is 1. The molecule has 1 aliphatic rings. The number of para-hydroxylation sites is 1. The second kappa shape index (κ2) is 9.14. The first-order valence-corrected chi connectivity index (χ1v) is 11.3. The largest absolute Gasteiger partial charge is 0.363 e. The third kappa shape index (κ3) is 4.84. The average Bonchev–Trinajstić information content (AvgIpc) is 3.40. The smallest absolute Gasteiger partial charge is 0.273 e. The van der Waals surface area contributed by atoms with Crippen molar-refractivity contribution in [2.75, 3.05) is 5.32 Å². The van der Waals surface area contributed by atoms with Crippen molar-refractivity contribution in [3.8, 4) is 0 Å². The Hall–Kier alpha value is -3.16. The summed E-state index contributed by atoms with van der Waals surface area (Å²) in [6.45, 7) is 6.53. The summed E-state index contributed by atoms with van der Waals surface area (Å²) in [4.78, 5) is 26.3. The van der Waals surface area contributed by atoms with Gasteiger partial charge in [0.1, 0.15) is 18.0 Å². The van der Waals surface area contributed by atoms with Crippen molar-refractivity contribution >= 4 is 28.4 Å². The van der Waals surface area contributed by atoms with Gasteiger partial charge in [0.15, 0.2) is 5.69 Å². The van der Waals surface area contributed by atoms with Crippen LogP contribution in [0.3, 0.4) is 0 Å². The fraction of sp³-hybridized carbons (Fsp3) is 0.500. The van der Waals surface area contributed by atoms with Crippen LogP contribution in [0.2, 0.25) is 0 Å². The van der Waals surface area contributed by atoms with Gasteiger partial charge in [-0.1, -0.05) is 63.4 Å². The molecule has 0 aliphatic heterocycles. The SMILES string of the molecule is CC(C)(C)C(NC(=O)c1nn(CC2CCCCC2)c2ccccc12)C(=O)Nc1cnoc1. The van der Waals surface area contributed by atoms with E-state index in [9.17, 15) is 9.59 Å². The number of carbonyl (C=O) groups is 2. The highest BCUT2D eigenvalue weighted by Crippen LogP contribution is 2.28. The van der Waals surface area contributed by atoms with E-state index in [0.29, 0.717) is 17.3 Å². The molecule has 1 saturated carbocycles. The van der Waals surface area contributed by atoms with Gasteiger partial charge in [0.05, 0.1) is 11.7 Å². The molecule has 4 rings (SSSR count). The number of hydrogen-bond acceptors (Lipinski definition) is 5. The maximum absolute atomic E-state index is 13.3. The molecule has 32 heavy (non-hydrogen) atoms. The van der Waals surface area contributed by atoms with E-state index in [4.69, 9.17) is 9.62 Å². The van der Waals surface area contributed by atoms with Gasteiger partial charge in [0.2, 0.25) is 5.91 Å². The van der Waals surface area contributed by atoms with Crippen LogP contribution in [-0.2, 0) is 11.3 Å². The van der Waals surface area contributed by atoms with Gasteiger partial charge in [0, 0.05) is 11.9 Å². The zero-order chi connectivity index (χ0) is 22.7. The summed E-state index contributed by atoms with van der Waals surface area (Å²) in [5.74, 6) is -0.108. The number of rotatable bonds is 6. The molecule has 0 spiro atoms. The Morgan fingerprint density at radius 2 is 1.94 bits per heavy atom. The molecule has 3 aromatic rings. The van der Waals surface area contributed by atoms with Gasteiger partial charge in [-0.25, -0.2) is 0 Å². The Morgan fingerprint density at radius 3 is 2.62 bits per heavy atom. The molecular weight excluding hydrogens is 406 g/mol. The van der Waals surface area contributed by atoms with Crippen LogP contribution in [0.4, 0.5) is 5.69 Å². The maximum Gasteiger partial charge on any atom is 0.273 e. The minimum absolute atomic E-state index is 0.333. The van der Waals surface area contributed by atoms with Crippen molar-refractivity contribution in [1.29, 1.82) is 0 Å². The number of amides is 2. The van der Waals surface area contributed by atoms with Gasteiger partial charge in [-0.05, 0) is 30.2 Å². The van der Waals surface area contributed by atoms with Crippen LogP contribution in [0, 0.1) is 11.3 Å². The Labute approximate surface area is 187 Å². The molecule has 0 radical (unpaired) electrons. The Kier molecular flexibility index (Phi) is 6.30. The van der Waals surface area contributed by atoms with Gasteiger partial charge in [0.25, 0.3) is 5.91 Å². The molecule has 1 atom stereocenters. The molecule has 1 unspecified atom stereocenters. The number of aromatic nitrogens is 3. The monoisotopic (exact) mass is 437 g/mol. The van der Waals surface area contributed by atoms with Crippen molar-refractivity contribution < 1.29 is 14.1 Å². The predicted octanol–water partition coefficient (Wildman–Crippen LogP) is 4.39. The summed E-state index contributed by atoms with van der Waals surface area (Å²) in [6, 6.07) is 7.02. The normalized spacial score (nSPS) is 16.1. The minimum Gasteiger partial charge on any atom is -0.363 e. The lowest BCUT2D eigenvalue weighted by Gasteiger charge is -2.29. The lowest BCUT2D eigenvalue weighted by molar-refractivity contribution is -0.120. The van der Waals surface area contributed by atoms with Crippen molar-refractivity contribution in [3.05, 3.63) is 42.4 Å². The summed E-state index contributed by atoms with van der Waals surface area (Å²) < 4.78 is 6.74. The molecule has 1 fully saturated rings. The number of carbonyl (C=O) groups excluding carboxylic acids is 2. The lowest BCUT2D eigenvalue weighted by atomic mass is 9.86. The fourth-order valence-corrected chi connectivity index (χ4v) is 4.40. The van der Waals surface area contributed by atoms with Crippen LogP contribution in [-0.4, -0.2) is 32.8 Å². The number of fused-ring (bicyclic) bond motifs is 1. The van der Waals surface area contributed by atoms with Crippen molar-refractivity contribution in [2.24, 2.45) is 11.3 Å². The fourth-order valence-electron chi connectivity index (χ4n) is 4.40. The zero-order valence-corrected chi connectivity index (χ0v) is 18.9. The van der Waals surface area contributed by atoms with Crippen molar-refractivity contribution in [2.45, 2.75) is 65.5 Å². The minimum atomic E-state index is -0.771. The lowest BCUT2D eigenvalue weighted by Crippen LogP contribution is -2.51. The third-order valence-corrected chi connectivity index (χ3v) is 6.13. The van der Waals surface area contributed by atoms with Gasteiger partial charge in [-0.2, -0.15) is 5.10 Å². The van der Waals surface area contributed by atoms with Gasteiger partial charge in [-0.15, -0.1) is 0 Å². The van der Waals surface area contributed by atoms with Crippen LogP contribution in [0.5, 0.6) is 0 Å². The first-order chi connectivity index (χ1) is 15.3. The summed E-state index contributed by atoms with van der Waals surface area (Å²) in [6.07, 6.45) is 8.97.